The van der Waals surface area contributed by atoms with Gasteiger partial charge in [-0.05, 0) is 24.8 Å². The Morgan fingerprint density at radius 2 is 2.11 bits per heavy atom. The molecule has 0 aromatic heterocycles. The molecular formula is C14H20N2O2. The second kappa shape index (κ2) is 5.98. The maximum atomic E-state index is 12.1. The van der Waals surface area contributed by atoms with Crippen molar-refractivity contribution in [1.29, 1.82) is 0 Å². The van der Waals surface area contributed by atoms with Crippen LogP contribution < -0.4 is 11.1 Å². The molecule has 4 N–H and O–H groups in total. The van der Waals surface area contributed by atoms with Gasteiger partial charge < -0.3 is 16.2 Å². The van der Waals surface area contributed by atoms with Crippen LogP contribution in [0.15, 0.2) is 30.3 Å². The SMILES string of the molecule is NC1CCC(C(=O)NC(CO)c2ccccc2)C1. The summed E-state index contributed by atoms with van der Waals surface area (Å²) in [5, 5.41) is 12.3. The topological polar surface area (TPSA) is 75.4 Å². The first-order valence-electron chi connectivity index (χ1n) is 6.42. The van der Waals surface area contributed by atoms with Crippen LogP contribution in [0.3, 0.4) is 0 Å². The lowest BCUT2D eigenvalue weighted by molar-refractivity contribution is -0.125. The normalized spacial score (nSPS) is 24.8. The summed E-state index contributed by atoms with van der Waals surface area (Å²) in [7, 11) is 0. The molecule has 3 unspecified atom stereocenters. The predicted octanol–water partition coefficient (Wildman–Crippen LogP) is 0.964. The van der Waals surface area contributed by atoms with Crippen LogP contribution in [0.5, 0.6) is 0 Å². The average Bonchev–Trinajstić information content (AvgIpc) is 2.83. The van der Waals surface area contributed by atoms with Crippen molar-refractivity contribution >= 4 is 5.91 Å². The minimum Gasteiger partial charge on any atom is -0.394 e. The van der Waals surface area contributed by atoms with E-state index in [1.807, 2.05) is 30.3 Å². The van der Waals surface area contributed by atoms with Gasteiger partial charge in [0.05, 0.1) is 12.6 Å². The first-order chi connectivity index (χ1) is 8.70. The molecule has 4 heteroatoms. The summed E-state index contributed by atoms with van der Waals surface area (Å²) in [6.07, 6.45) is 2.51. The summed E-state index contributed by atoms with van der Waals surface area (Å²) in [6.45, 7) is -0.0888. The standard InChI is InChI=1S/C14H20N2O2/c15-12-7-6-11(8-12)14(18)16-13(9-17)10-4-2-1-3-5-10/h1-5,11-13,17H,6-9,15H2,(H,16,18). The quantitative estimate of drug-likeness (QED) is 0.743. The maximum absolute atomic E-state index is 12.1. The minimum absolute atomic E-state index is 0.00207. The van der Waals surface area contributed by atoms with Crippen molar-refractivity contribution in [1.82, 2.24) is 5.32 Å². The van der Waals surface area contributed by atoms with Crippen molar-refractivity contribution in [3.63, 3.8) is 0 Å². The molecule has 1 fully saturated rings. The molecule has 1 aliphatic rings. The molecule has 18 heavy (non-hydrogen) atoms. The number of amides is 1. The number of aliphatic hydroxyl groups excluding tert-OH is 1. The third-order valence-corrected chi connectivity index (χ3v) is 3.54. The number of hydrogen-bond acceptors (Lipinski definition) is 3. The highest BCUT2D eigenvalue weighted by Gasteiger charge is 2.29. The number of rotatable bonds is 4. The fourth-order valence-electron chi connectivity index (χ4n) is 2.46. The second-order valence-corrected chi connectivity index (χ2v) is 4.92. The minimum atomic E-state index is -0.324. The predicted molar refractivity (Wildman–Crippen MR) is 69.7 cm³/mol. The first-order valence-corrected chi connectivity index (χ1v) is 6.42. The molecule has 1 saturated carbocycles. The highest BCUT2D eigenvalue weighted by Crippen LogP contribution is 2.25. The lowest BCUT2D eigenvalue weighted by Gasteiger charge is -2.19. The van der Waals surface area contributed by atoms with Crippen molar-refractivity contribution in [3.05, 3.63) is 35.9 Å². The Bertz CT molecular complexity index is 394. The first kappa shape index (κ1) is 13.1. The van der Waals surface area contributed by atoms with Gasteiger partial charge >= 0.3 is 0 Å². The van der Waals surface area contributed by atoms with Crippen LogP contribution in [-0.2, 0) is 4.79 Å². The highest BCUT2D eigenvalue weighted by atomic mass is 16.3. The number of nitrogens with two attached hydrogens (primary N) is 1. The van der Waals surface area contributed by atoms with E-state index in [0.717, 1.165) is 24.8 Å². The maximum Gasteiger partial charge on any atom is 0.223 e. The molecule has 0 spiro atoms. The Balaban J connectivity index is 1.96. The molecule has 0 saturated heterocycles. The lowest BCUT2D eigenvalue weighted by Crippen LogP contribution is -2.35. The van der Waals surface area contributed by atoms with E-state index in [9.17, 15) is 9.90 Å². The van der Waals surface area contributed by atoms with Gasteiger partial charge in [-0.3, -0.25) is 4.79 Å². The number of aliphatic hydroxyl groups is 1. The zero-order chi connectivity index (χ0) is 13.0. The number of carbonyl (C=O) groups excluding carboxylic acids is 1. The van der Waals surface area contributed by atoms with E-state index >= 15 is 0 Å². The molecule has 0 aliphatic heterocycles. The Morgan fingerprint density at radius 1 is 1.39 bits per heavy atom. The third-order valence-electron chi connectivity index (χ3n) is 3.54. The van der Waals surface area contributed by atoms with Crippen molar-refractivity contribution in [2.75, 3.05) is 6.61 Å². The van der Waals surface area contributed by atoms with Crippen molar-refractivity contribution < 1.29 is 9.90 Å². The Morgan fingerprint density at radius 3 is 2.67 bits per heavy atom. The summed E-state index contributed by atoms with van der Waals surface area (Å²) >= 11 is 0. The summed E-state index contributed by atoms with van der Waals surface area (Å²) in [4.78, 5) is 12.1. The Kier molecular flexibility index (Phi) is 4.33. The summed E-state index contributed by atoms with van der Waals surface area (Å²) < 4.78 is 0. The van der Waals surface area contributed by atoms with Crippen LogP contribution in [0.25, 0.3) is 0 Å². The van der Waals surface area contributed by atoms with Crippen molar-refractivity contribution in [3.8, 4) is 0 Å². The van der Waals surface area contributed by atoms with E-state index in [1.54, 1.807) is 0 Å². The van der Waals surface area contributed by atoms with E-state index in [-0.39, 0.29) is 30.5 Å². The smallest absolute Gasteiger partial charge is 0.223 e. The van der Waals surface area contributed by atoms with E-state index in [2.05, 4.69) is 5.32 Å². The molecule has 1 aromatic rings. The fraction of sp³-hybridized carbons (Fsp3) is 0.500. The second-order valence-electron chi connectivity index (χ2n) is 4.92. The van der Waals surface area contributed by atoms with E-state index in [4.69, 9.17) is 5.73 Å². The molecule has 4 nitrogen and oxygen atoms in total. The van der Waals surface area contributed by atoms with Crippen LogP contribution in [0.2, 0.25) is 0 Å². The van der Waals surface area contributed by atoms with Gasteiger partial charge in [0.15, 0.2) is 0 Å². The molecule has 0 bridgehead atoms. The van der Waals surface area contributed by atoms with Crippen LogP contribution in [-0.4, -0.2) is 23.7 Å². The number of hydrogen-bond donors (Lipinski definition) is 3. The largest absolute Gasteiger partial charge is 0.394 e. The number of carbonyl (C=O) groups is 1. The van der Waals surface area contributed by atoms with E-state index < -0.39 is 0 Å². The lowest BCUT2D eigenvalue weighted by atomic mass is 10.0. The van der Waals surface area contributed by atoms with Crippen molar-refractivity contribution in [2.45, 2.75) is 31.3 Å². The van der Waals surface area contributed by atoms with Gasteiger partial charge in [-0.15, -0.1) is 0 Å². The van der Waals surface area contributed by atoms with Gasteiger partial charge in [0.1, 0.15) is 0 Å². The van der Waals surface area contributed by atoms with Gasteiger partial charge in [-0.25, -0.2) is 0 Å². The average molecular weight is 248 g/mol. The number of nitrogens with one attached hydrogen (secondary N) is 1. The van der Waals surface area contributed by atoms with Crippen LogP contribution in [0, 0.1) is 5.92 Å². The molecule has 1 aromatic carbocycles. The van der Waals surface area contributed by atoms with Crippen LogP contribution >= 0.6 is 0 Å². The fourth-order valence-corrected chi connectivity index (χ4v) is 2.46. The molecule has 0 radical (unpaired) electrons. The number of benzene rings is 1. The summed E-state index contributed by atoms with van der Waals surface area (Å²) in [5.74, 6) is 0.00335. The van der Waals surface area contributed by atoms with Crippen LogP contribution in [0.4, 0.5) is 0 Å². The Hall–Kier alpha value is -1.39. The van der Waals surface area contributed by atoms with Crippen LogP contribution in [0.1, 0.15) is 30.9 Å². The molecular weight excluding hydrogens is 228 g/mol. The van der Waals surface area contributed by atoms with E-state index in [0.29, 0.717) is 0 Å². The van der Waals surface area contributed by atoms with Crippen molar-refractivity contribution in [2.24, 2.45) is 11.7 Å². The third kappa shape index (κ3) is 3.09. The zero-order valence-corrected chi connectivity index (χ0v) is 10.4. The molecule has 3 atom stereocenters. The van der Waals surface area contributed by atoms with Gasteiger partial charge in [0.2, 0.25) is 5.91 Å². The van der Waals surface area contributed by atoms with E-state index in [1.165, 1.54) is 0 Å². The molecule has 1 aliphatic carbocycles. The van der Waals surface area contributed by atoms with Gasteiger partial charge in [0, 0.05) is 12.0 Å². The summed E-state index contributed by atoms with van der Waals surface area (Å²) in [5.41, 5.74) is 6.73. The van der Waals surface area contributed by atoms with Gasteiger partial charge in [-0.1, -0.05) is 30.3 Å². The highest BCUT2D eigenvalue weighted by molar-refractivity contribution is 5.79. The molecule has 2 rings (SSSR count). The molecule has 98 valence electrons. The molecule has 1 amide bonds. The van der Waals surface area contributed by atoms with Gasteiger partial charge in [-0.2, -0.15) is 0 Å². The van der Waals surface area contributed by atoms with Gasteiger partial charge in [0.25, 0.3) is 0 Å². The summed E-state index contributed by atoms with van der Waals surface area (Å²) in [6, 6.07) is 9.34. The monoisotopic (exact) mass is 248 g/mol. The molecule has 0 heterocycles. The Labute approximate surface area is 107 Å². The zero-order valence-electron chi connectivity index (χ0n) is 10.4.